The van der Waals surface area contributed by atoms with E-state index in [-0.39, 0.29) is 11.3 Å². The van der Waals surface area contributed by atoms with Crippen molar-refractivity contribution < 1.29 is 18.8 Å². The number of aromatic nitrogens is 1. The minimum absolute atomic E-state index is 0.168. The molecule has 1 N–H and O–H groups in total. The number of benzene rings is 2. The van der Waals surface area contributed by atoms with Crippen LogP contribution < -0.4 is 10.2 Å². The van der Waals surface area contributed by atoms with Crippen molar-refractivity contribution in [1.82, 2.24) is 9.88 Å². The molecule has 6 nitrogen and oxygen atoms in total. The van der Waals surface area contributed by atoms with Crippen LogP contribution in [0.4, 0.5) is 14.9 Å². The number of carbonyl (C=O) groups is 3. The van der Waals surface area contributed by atoms with Gasteiger partial charge >= 0.3 is 6.03 Å². The zero-order chi connectivity index (χ0) is 21.4. The minimum atomic E-state index is -0.877. The second kappa shape index (κ2) is 7.44. The largest absolute Gasteiger partial charge is 0.335 e. The van der Waals surface area contributed by atoms with Crippen molar-refractivity contribution in [3.05, 3.63) is 89.0 Å². The number of barbiturate groups is 1. The highest BCUT2D eigenvalue weighted by Gasteiger charge is 2.37. The first kappa shape index (κ1) is 19.3. The number of imide groups is 2. The number of amides is 4. The molecule has 4 amide bonds. The van der Waals surface area contributed by atoms with E-state index in [0.29, 0.717) is 5.69 Å². The summed E-state index contributed by atoms with van der Waals surface area (Å²) < 4.78 is 15.1. The first-order chi connectivity index (χ1) is 14.3. The van der Waals surface area contributed by atoms with Gasteiger partial charge < -0.3 is 4.57 Å². The van der Waals surface area contributed by atoms with E-state index in [9.17, 15) is 18.8 Å². The molecule has 150 valence electrons. The molecule has 0 aliphatic carbocycles. The number of rotatable bonds is 3. The van der Waals surface area contributed by atoms with Crippen molar-refractivity contribution in [3.8, 4) is 5.69 Å². The summed E-state index contributed by atoms with van der Waals surface area (Å²) in [7, 11) is 0. The number of urea groups is 1. The summed E-state index contributed by atoms with van der Waals surface area (Å²) in [6.45, 7) is 4.02. The van der Waals surface area contributed by atoms with E-state index >= 15 is 0 Å². The molecular weight excluding hydrogens is 385 g/mol. The molecule has 0 unspecified atom stereocenters. The van der Waals surface area contributed by atoms with Gasteiger partial charge in [-0.3, -0.25) is 14.9 Å². The van der Waals surface area contributed by atoms with E-state index in [1.54, 1.807) is 12.1 Å². The Hall–Kier alpha value is -4.00. The lowest BCUT2D eigenvalue weighted by atomic mass is 10.1. The maximum atomic E-state index is 13.2. The Morgan fingerprint density at radius 3 is 2.30 bits per heavy atom. The third-order valence-electron chi connectivity index (χ3n) is 5.03. The Morgan fingerprint density at radius 2 is 1.60 bits per heavy atom. The molecule has 1 aliphatic rings. The van der Waals surface area contributed by atoms with E-state index in [4.69, 9.17) is 0 Å². The van der Waals surface area contributed by atoms with Crippen LogP contribution in [0.1, 0.15) is 16.8 Å². The summed E-state index contributed by atoms with van der Waals surface area (Å²) in [5.74, 6) is -2.05. The van der Waals surface area contributed by atoms with Gasteiger partial charge in [0.2, 0.25) is 0 Å². The number of aryl methyl sites for hydroxylation is 2. The molecule has 4 rings (SSSR count). The van der Waals surface area contributed by atoms with Crippen LogP contribution in [0, 0.1) is 19.7 Å². The van der Waals surface area contributed by atoms with E-state index in [2.05, 4.69) is 5.32 Å². The van der Waals surface area contributed by atoms with Gasteiger partial charge in [0.05, 0.1) is 5.69 Å². The summed E-state index contributed by atoms with van der Waals surface area (Å²) in [5, 5.41) is 2.17. The molecule has 1 aromatic heterocycles. The first-order valence-electron chi connectivity index (χ1n) is 9.27. The number of nitrogens with one attached hydrogen (secondary N) is 1. The van der Waals surface area contributed by atoms with Crippen LogP contribution in [0.2, 0.25) is 0 Å². The molecule has 0 bridgehead atoms. The van der Waals surface area contributed by atoms with Crippen LogP contribution in [0.15, 0.2) is 66.4 Å². The average Bonchev–Trinajstić information content (AvgIpc) is 3.17. The SMILES string of the molecule is Cc1ccc(-n2cccc2/C=C2\C(=O)NC(=O)N(c3ccc(F)cc3)C2=O)cc1C. The number of anilines is 1. The van der Waals surface area contributed by atoms with Crippen molar-refractivity contribution in [2.45, 2.75) is 13.8 Å². The standard InChI is InChI=1S/C23H18FN3O3/c1-14-5-8-19(12-15(14)2)26-11-3-4-18(26)13-20-21(28)25-23(30)27(22(20)29)17-9-6-16(24)7-10-17/h3-13H,1-2H3,(H,25,28,30)/b20-13+. The van der Waals surface area contributed by atoms with E-state index < -0.39 is 23.7 Å². The van der Waals surface area contributed by atoms with E-state index in [0.717, 1.165) is 33.8 Å². The lowest BCUT2D eigenvalue weighted by Gasteiger charge is -2.26. The van der Waals surface area contributed by atoms with Gasteiger partial charge in [0.25, 0.3) is 11.8 Å². The summed E-state index contributed by atoms with van der Waals surface area (Å²) in [6, 6.07) is 13.5. The Kier molecular flexibility index (Phi) is 4.79. The molecule has 30 heavy (non-hydrogen) atoms. The van der Waals surface area contributed by atoms with Crippen LogP contribution in [-0.2, 0) is 9.59 Å². The highest BCUT2D eigenvalue weighted by atomic mass is 19.1. The van der Waals surface area contributed by atoms with E-state index in [1.165, 1.54) is 18.2 Å². The Morgan fingerprint density at radius 1 is 0.900 bits per heavy atom. The Labute approximate surface area is 172 Å². The molecule has 0 saturated carbocycles. The first-order valence-corrected chi connectivity index (χ1v) is 9.27. The molecule has 3 aromatic rings. The minimum Gasteiger partial charge on any atom is -0.317 e. The lowest BCUT2D eigenvalue weighted by Crippen LogP contribution is -2.54. The predicted octanol–water partition coefficient (Wildman–Crippen LogP) is 3.90. The van der Waals surface area contributed by atoms with Gasteiger partial charge in [-0.05, 0) is 79.6 Å². The van der Waals surface area contributed by atoms with Crippen molar-refractivity contribution in [2.75, 3.05) is 4.90 Å². The van der Waals surface area contributed by atoms with Gasteiger partial charge in [-0.15, -0.1) is 0 Å². The summed E-state index contributed by atoms with van der Waals surface area (Å²) in [5.41, 5.74) is 3.72. The average molecular weight is 403 g/mol. The maximum Gasteiger partial charge on any atom is 0.335 e. The number of halogens is 1. The zero-order valence-electron chi connectivity index (χ0n) is 16.3. The summed E-state index contributed by atoms with van der Waals surface area (Å²) in [6.07, 6.45) is 3.26. The molecular formula is C23H18FN3O3. The maximum absolute atomic E-state index is 13.2. The molecule has 0 atom stereocenters. The quantitative estimate of drug-likeness (QED) is 0.533. The smallest absolute Gasteiger partial charge is 0.317 e. The van der Waals surface area contributed by atoms with Gasteiger partial charge in [0, 0.05) is 17.6 Å². The number of hydrogen-bond acceptors (Lipinski definition) is 3. The van der Waals surface area contributed by atoms with Gasteiger partial charge in [-0.2, -0.15) is 0 Å². The van der Waals surface area contributed by atoms with E-state index in [1.807, 2.05) is 42.8 Å². The summed E-state index contributed by atoms with van der Waals surface area (Å²) >= 11 is 0. The van der Waals surface area contributed by atoms with Crippen molar-refractivity contribution in [1.29, 1.82) is 0 Å². The fourth-order valence-electron chi connectivity index (χ4n) is 3.25. The third-order valence-corrected chi connectivity index (χ3v) is 5.03. The normalized spacial score (nSPS) is 15.6. The van der Waals surface area contributed by atoms with Crippen molar-refractivity contribution in [2.24, 2.45) is 0 Å². The van der Waals surface area contributed by atoms with Gasteiger partial charge in [0.15, 0.2) is 0 Å². The fraction of sp³-hybridized carbons (Fsp3) is 0.0870. The Balaban J connectivity index is 1.74. The molecule has 2 heterocycles. The molecule has 0 radical (unpaired) electrons. The lowest BCUT2D eigenvalue weighted by molar-refractivity contribution is -0.122. The second-order valence-electron chi connectivity index (χ2n) is 7.01. The molecule has 0 spiro atoms. The van der Waals surface area contributed by atoms with Crippen LogP contribution >= 0.6 is 0 Å². The fourth-order valence-corrected chi connectivity index (χ4v) is 3.25. The second-order valence-corrected chi connectivity index (χ2v) is 7.01. The van der Waals surface area contributed by atoms with Gasteiger partial charge in [-0.1, -0.05) is 6.07 Å². The van der Waals surface area contributed by atoms with Crippen LogP contribution in [-0.4, -0.2) is 22.4 Å². The molecule has 2 aromatic carbocycles. The zero-order valence-corrected chi connectivity index (χ0v) is 16.3. The third kappa shape index (κ3) is 3.41. The van der Waals surface area contributed by atoms with Gasteiger partial charge in [0.1, 0.15) is 11.4 Å². The van der Waals surface area contributed by atoms with Crippen molar-refractivity contribution >= 4 is 29.6 Å². The molecule has 1 aliphatic heterocycles. The molecule has 7 heteroatoms. The number of hydrogen-bond donors (Lipinski definition) is 1. The highest BCUT2D eigenvalue weighted by molar-refractivity contribution is 6.39. The van der Waals surface area contributed by atoms with Crippen LogP contribution in [0.25, 0.3) is 11.8 Å². The topological polar surface area (TPSA) is 71.4 Å². The summed E-state index contributed by atoms with van der Waals surface area (Å²) in [4.78, 5) is 38.4. The van der Waals surface area contributed by atoms with Crippen LogP contribution in [0.3, 0.4) is 0 Å². The Bertz CT molecular complexity index is 1210. The molecule has 1 fully saturated rings. The monoisotopic (exact) mass is 403 g/mol. The van der Waals surface area contributed by atoms with Crippen molar-refractivity contribution in [3.63, 3.8) is 0 Å². The highest BCUT2D eigenvalue weighted by Crippen LogP contribution is 2.24. The predicted molar refractivity (Wildman–Crippen MR) is 111 cm³/mol. The molecule has 1 saturated heterocycles. The number of carbonyl (C=O) groups excluding carboxylic acids is 3. The van der Waals surface area contributed by atoms with Crippen LogP contribution in [0.5, 0.6) is 0 Å². The van der Waals surface area contributed by atoms with Gasteiger partial charge in [-0.25, -0.2) is 14.1 Å². The number of nitrogens with zero attached hydrogens (tertiary/aromatic N) is 2.